The first kappa shape index (κ1) is 28.1. The maximum atomic E-state index is 11.9. The van der Waals surface area contributed by atoms with Crippen LogP contribution in [0.15, 0.2) is 58.6 Å². The van der Waals surface area contributed by atoms with Gasteiger partial charge >= 0.3 is 0 Å². The number of para-hydroxylation sites is 1. The number of ether oxygens (including phenoxy) is 3. The van der Waals surface area contributed by atoms with Crippen molar-refractivity contribution in [2.45, 2.75) is 33.6 Å². The molecule has 2 aromatic carbocycles. The molecule has 0 spiro atoms. The third-order valence-electron chi connectivity index (χ3n) is 5.48. The van der Waals surface area contributed by atoms with Crippen molar-refractivity contribution >= 4 is 52.3 Å². The third-order valence-corrected chi connectivity index (χ3v) is 6.64. The first-order valence-electron chi connectivity index (χ1n) is 11.5. The predicted molar refractivity (Wildman–Crippen MR) is 146 cm³/mol. The number of hydrogen-bond acceptors (Lipinski definition) is 7. The lowest BCUT2D eigenvalue weighted by Gasteiger charge is -2.18. The van der Waals surface area contributed by atoms with Crippen LogP contribution in [-0.2, 0) is 4.79 Å². The second-order valence-corrected chi connectivity index (χ2v) is 10.6. The molecular weight excluding hydrogens is 574 g/mol. The fraction of sp³-hybridized carbons (Fsp3) is 0.269. The van der Waals surface area contributed by atoms with E-state index in [-0.39, 0.29) is 56.9 Å². The molecule has 4 rings (SSSR count). The Morgan fingerprint density at radius 3 is 2.03 bits per heavy atom. The Bertz CT molecular complexity index is 1400. The van der Waals surface area contributed by atoms with Crippen LogP contribution in [0.25, 0.3) is 0 Å². The molecule has 38 heavy (non-hydrogen) atoms. The summed E-state index contributed by atoms with van der Waals surface area (Å²) in [6.45, 7) is 7.74. The van der Waals surface area contributed by atoms with Gasteiger partial charge in [0.15, 0.2) is 11.5 Å². The number of carbonyl (C=O) groups is 1. The topological polar surface area (TPSA) is 95.3 Å². The molecule has 1 unspecified atom stereocenters. The van der Waals surface area contributed by atoms with Gasteiger partial charge in [0.1, 0.15) is 5.75 Å². The van der Waals surface area contributed by atoms with Crippen LogP contribution in [0.4, 0.5) is 0 Å². The molecule has 1 aliphatic rings. The number of aromatic nitrogens is 2. The number of carbonyl (C=O) groups excluding carboxylic acids is 1. The lowest BCUT2D eigenvalue weighted by molar-refractivity contribution is -0.122. The van der Waals surface area contributed by atoms with Crippen LogP contribution < -0.4 is 14.2 Å². The Balaban J connectivity index is 1.57. The van der Waals surface area contributed by atoms with E-state index in [0.29, 0.717) is 21.4 Å². The van der Waals surface area contributed by atoms with Crippen LogP contribution in [-0.4, -0.2) is 16.1 Å². The third kappa shape index (κ3) is 6.38. The van der Waals surface area contributed by atoms with E-state index in [1.165, 1.54) is 12.1 Å². The van der Waals surface area contributed by atoms with Crippen molar-refractivity contribution in [2.75, 3.05) is 0 Å². The molecule has 1 aliphatic heterocycles. The zero-order chi connectivity index (χ0) is 27.6. The molecule has 0 saturated carbocycles. The molecule has 0 bridgehead atoms. The summed E-state index contributed by atoms with van der Waals surface area (Å²) in [5.74, 6) is 0.541. The van der Waals surface area contributed by atoms with E-state index in [1.807, 2.05) is 27.7 Å². The van der Waals surface area contributed by atoms with E-state index >= 15 is 0 Å². The van der Waals surface area contributed by atoms with Gasteiger partial charge in [0.05, 0.1) is 26.0 Å². The Kier molecular flexibility index (Phi) is 8.78. The average molecular weight is 596 g/mol. The molecule has 1 atom stereocenters. The molecule has 0 fully saturated rings. The summed E-state index contributed by atoms with van der Waals surface area (Å²) in [6.07, 6.45) is 1.60. The first-order valence-corrected chi connectivity index (χ1v) is 13.1. The summed E-state index contributed by atoms with van der Waals surface area (Å²) in [6, 6.07) is 9.77. The molecule has 0 radical (unpaired) electrons. The van der Waals surface area contributed by atoms with Crippen LogP contribution in [0.2, 0.25) is 20.1 Å². The van der Waals surface area contributed by atoms with Crippen molar-refractivity contribution in [1.82, 2.24) is 10.2 Å². The van der Waals surface area contributed by atoms with Crippen molar-refractivity contribution < 1.29 is 19.0 Å². The summed E-state index contributed by atoms with van der Waals surface area (Å²) in [5.41, 5.74) is 0.711. The monoisotopic (exact) mass is 594 g/mol. The van der Waals surface area contributed by atoms with Gasteiger partial charge in [-0.15, -0.1) is 20.4 Å². The van der Waals surface area contributed by atoms with Gasteiger partial charge in [-0.1, -0.05) is 80.2 Å². The van der Waals surface area contributed by atoms with Gasteiger partial charge < -0.3 is 14.2 Å². The zero-order valence-electron chi connectivity index (χ0n) is 20.7. The van der Waals surface area contributed by atoms with E-state index in [1.54, 1.807) is 30.3 Å². The lowest BCUT2D eigenvalue weighted by Crippen LogP contribution is -2.19. The quantitative estimate of drug-likeness (QED) is 0.257. The maximum Gasteiger partial charge on any atom is 0.272 e. The molecule has 1 amide bonds. The molecule has 0 N–H and O–H groups in total. The number of azo groups is 1. The fourth-order valence-corrected chi connectivity index (χ4v) is 4.49. The van der Waals surface area contributed by atoms with Crippen LogP contribution in [0.1, 0.15) is 39.2 Å². The minimum atomic E-state index is -0.448. The highest BCUT2D eigenvalue weighted by Gasteiger charge is 2.26. The van der Waals surface area contributed by atoms with Gasteiger partial charge in [-0.2, -0.15) is 0 Å². The molecular formula is C26H22Cl4N4O4. The van der Waals surface area contributed by atoms with Gasteiger partial charge in [-0.05, 0) is 30.0 Å². The van der Waals surface area contributed by atoms with Crippen LogP contribution in [0, 0.1) is 11.8 Å². The van der Waals surface area contributed by atoms with E-state index in [0.717, 1.165) is 0 Å². The smallest absolute Gasteiger partial charge is 0.272 e. The van der Waals surface area contributed by atoms with Gasteiger partial charge in [0.25, 0.3) is 5.91 Å². The van der Waals surface area contributed by atoms with Gasteiger partial charge in [-0.3, -0.25) is 4.79 Å². The maximum absolute atomic E-state index is 11.9. The van der Waals surface area contributed by atoms with E-state index in [9.17, 15) is 4.79 Å². The van der Waals surface area contributed by atoms with Crippen molar-refractivity contribution in [3.63, 3.8) is 0 Å². The Morgan fingerprint density at radius 2 is 1.42 bits per heavy atom. The molecule has 198 valence electrons. The number of nitrogens with zero attached hydrogens (tertiary/aromatic N) is 4. The van der Waals surface area contributed by atoms with Crippen molar-refractivity contribution in [1.29, 1.82) is 0 Å². The van der Waals surface area contributed by atoms with Gasteiger partial charge in [0, 0.05) is 23.8 Å². The Hall–Kier alpha value is -2.91. The highest BCUT2D eigenvalue weighted by atomic mass is 35.5. The standard InChI is InChI=1S/C26H22Cl4N4O4/c1-12(2)15-10-21(31-33-25(15)35)38-24-19(29)8-14(9-20(24)30)36-26-16(13(3)4)11-22(32-34-26)37-23-17(27)6-5-7-18(23)28/h5-13,15H,1-4H3. The molecule has 2 heterocycles. The minimum absolute atomic E-state index is 0.00154. The van der Waals surface area contributed by atoms with Crippen molar-refractivity contribution in [3.8, 4) is 29.0 Å². The van der Waals surface area contributed by atoms with E-state index < -0.39 is 5.92 Å². The Morgan fingerprint density at radius 1 is 0.789 bits per heavy atom. The van der Waals surface area contributed by atoms with Crippen LogP contribution in [0.3, 0.4) is 0 Å². The lowest BCUT2D eigenvalue weighted by atomic mass is 9.94. The summed E-state index contributed by atoms with van der Waals surface area (Å²) in [4.78, 5) is 11.9. The number of halogens is 4. The zero-order valence-corrected chi connectivity index (χ0v) is 23.7. The molecule has 3 aromatic rings. The van der Waals surface area contributed by atoms with Crippen molar-refractivity contribution in [2.24, 2.45) is 22.1 Å². The molecule has 8 nitrogen and oxygen atoms in total. The average Bonchev–Trinajstić information content (AvgIpc) is 2.85. The number of benzene rings is 2. The fourth-order valence-electron chi connectivity index (χ4n) is 3.47. The minimum Gasteiger partial charge on any atom is -0.437 e. The molecule has 12 heteroatoms. The second kappa shape index (κ2) is 11.9. The van der Waals surface area contributed by atoms with Crippen LogP contribution in [0.5, 0.6) is 29.0 Å². The van der Waals surface area contributed by atoms with Gasteiger partial charge in [0.2, 0.25) is 17.6 Å². The van der Waals surface area contributed by atoms with Crippen molar-refractivity contribution in [3.05, 3.63) is 74.0 Å². The summed E-state index contributed by atoms with van der Waals surface area (Å²) in [5, 5.41) is 16.8. The van der Waals surface area contributed by atoms with E-state index in [2.05, 4.69) is 20.4 Å². The Labute approximate surface area is 239 Å². The number of hydrogen-bond donors (Lipinski definition) is 0. The van der Waals surface area contributed by atoms with Crippen LogP contribution >= 0.6 is 46.4 Å². The molecule has 0 aliphatic carbocycles. The SMILES string of the molecule is CC(C)c1cc(Oc2c(Cl)cccc2Cl)nnc1Oc1cc(Cl)c(OC2=CC(C(C)C)C(=O)N=N2)c(Cl)c1. The van der Waals surface area contributed by atoms with E-state index in [4.69, 9.17) is 60.6 Å². The summed E-state index contributed by atoms with van der Waals surface area (Å²) >= 11 is 25.3. The molecule has 1 aromatic heterocycles. The largest absolute Gasteiger partial charge is 0.437 e. The second-order valence-electron chi connectivity index (χ2n) is 8.98. The highest BCUT2D eigenvalue weighted by molar-refractivity contribution is 6.37. The number of rotatable bonds is 8. The molecule has 0 saturated heterocycles. The normalized spacial score (nSPS) is 15.2. The first-order chi connectivity index (χ1) is 18.0. The summed E-state index contributed by atoms with van der Waals surface area (Å²) < 4.78 is 17.5. The summed E-state index contributed by atoms with van der Waals surface area (Å²) in [7, 11) is 0. The number of amides is 1. The highest BCUT2D eigenvalue weighted by Crippen LogP contribution is 2.41. The van der Waals surface area contributed by atoms with Gasteiger partial charge in [-0.25, -0.2) is 0 Å². The predicted octanol–water partition coefficient (Wildman–Crippen LogP) is 9.28.